The van der Waals surface area contributed by atoms with Crippen LogP contribution in [0.5, 0.6) is 0 Å². The Bertz CT molecular complexity index is 513. The van der Waals surface area contributed by atoms with Crippen LogP contribution in [0.1, 0.15) is 40.5 Å². The molecule has 3 rings (SSSR count). The lowest BCUT2D eigenvalue weighted by Gasteiger charge is -2.59. The van der Waals surface area contributed by atoms with Crippen LogP contribution in [0.25, 0.3) is 0 Å². The molecule has 6 atom stereocenters. The van der Waals surface area contributed by atoms with Gasteiger partial charge in [0.05, 0.1) is 12.5 Å². The molecular formula is C17H26O5. The Morgan fingerprint density at radius 1 is 1.36 bits per heavy atom. The molecule has 0 amide bonds. The minimum atomic E-state index is -1.20. The fourth-order valence-corrected chi connectivity index (χ4v) is 5.17. The van der Waals surface area contributed by atoms with Crippen molar-refractivity contribution in [2.24, 2.45) is 22.7 Å². The molecule has 1 saturated carbocycles. The van der Waals surface area contributed by atoms with E-state index in [9.17, 15) is 15.0 Å². The Morgan fingerprint density at radius 2 is 2.05 bits per heavy atom. The summed E-state index contributed by atoms with van der Waals surface area (Å²) in [6, 6.07) is 0. The van der Waals surface area contributed by atoms with Crippen molar-refractivity contribution >= 4 is 5.97 Å². The van der Waals surface area contributed by atoms with Gasteiger partial charge in [-0.2, -0.15) is 0 Å². The highest BCUT2D eigenvalue weighted by atomic mass is 16.6. The monoisotopic (exact) mass is 310 g/mol. The Labute approximate surface area is 131 Å². The van der Waals surface area contributed by atoms with E-state index in [1.165, 1.54) is 6.92 Å². The van der Waals surface area contributed by atoms with E-state index in [0.717, 1.165) is 12.8 Å². The van der Waals surface area contributed by atoms with Crippen LogP contribution in [-0.2, 0) is 14.3 Å². The standard InChI is InChI=1S/C17H26O5/c1-10(18)22-12-6-7-15(2,3)11-5-8-17(20)9-21-14(19)13(17)16(11,12)4/h5,8,11-14,19-20H,6-7,9H2,1-4H3. The van der Waals surface area contributed by atoms with Gasteiger partial charge in [0.15, 0.2) is 6.29 Å². The maximum atomic E-state index is 11.5. The number of esters is 1. The summed E-state index contributed by atoms with van der Waals surface area (Å²) in [6.07, 6.45) is 4.09. The molecular weight excluding hydrogens is 284 g/mol. The Balaban J connectivity index is 2.11. The van der Waals surface area contributed by atoms with Crippen LogP contribution in [0.2, 0.25) is 0 Å². The first-order chi connectivity index (χ1) is 10.1. The number of allylic oxidation sites excluding steroid dienone is 1. The first-order valence-electron chi connectivity index (χ1n) is 8.00. The number of carbonyl (C=O) groups is 1. The summed E-state index contributed by atoms with van der Waals surface area (Å²) in [5, 5.41) is 21.3. The fraction of sp³-hybridized carbons (Fsp3) is 0.824. The Morgan fingerprint density at radius 3 is 2.68 bits per heavy atom. The largest absolute Gasteiger partial charge is 0.462 e. The van der Waals surface area contributed by atoms with Gasteiger partial charge in [-0.25, -0.2) is 0 Å². The average molecular weight is 310 g/mol. The highest BCUT2D eigenvalue weighted by Crippen LogP contribution is 2.62. The van der Waals surface area contributed by atoms with Gasteiger partial charge >= 0.3 is 5.97 Å². The lowest BCUT2D eigenvalue weighted by molar-refractivity contribution is -0.209. The maximum absolute atomic E-state index is 11.5. The first kappa shape index (κ1) is 16.0. The van der Waals surface area contributed by atoms with Gasteiger partial charge in [0, 0.05) is 12.3 Å². The lowest BCUT2D eigenvalue weighted by atomic mass is 9.47. The van der Waals surface area contributed by atoms with Gasteiger partial charge in [0.25, 0.3) is 0 Å². The first-order valence-corrected chi connectivity index (χ1v) is 8.00. The van der Waals surface area contributed by atoms with Gasteiger partial charge < -0.3 is 19.7 Å². The average Bonchev–Trinajstić information content (AvgIpc) is 2.70. The molecule has 3 aliphatic rings. The maximum Gasteiger partial charge on any atom is 0.302 e. The second-order valence-corrected chi connectivity index (χ2v) is 8.00. The van der Waals surface area contributed by atoms with Crippen LogP contribution >= 0.6 is 0 Å². The number of aliphatic hydroxyl groups is 2. The van der Waals surface area contributed by atoms with Gasteiger partial charge in [0.2, 0.25) is 0 Å². The van der Waals surface area contributed by atoms with E-state index in [-0.39, 0.29) is 30.0 Å². The number of carbonyl (C=O) groups excluding carboxylic acids is 1. The van der Waals surface area contributed by atoms with Crippen LogP contribution in [0.4, 0.5) is 0 Å². The van der Waals surface area contributed by atoms with Crippen molar-refractivity contribution in [2.45, 2.75) is 58.5 Å². The quantitative estimate of drug-likeness (QED) is 0.568. The molecule has 5 nitrogen and oxygen atoms in total. The number of fused-ring (bicyclic) bond motifs is 3. The third-order valence-electron chi connectivity index (χ3n) is 6.12. The van der Waals surface area contributed by atoms with E-state index in [4.69, 9.17) is 9.47 Å². The van der Waals surface area contributed by atoms with Gasteiger partial charge in [0.1, 0.15) is 11.7 Å². The number of aliphatic hydroxyl groups excluding tert-OH is 1. The molecule has 0 aromatic rings. The van der Waals surface area contributed by atoms with E-state index in [2.05, 4.69) is 13.8 Å². The van der Waals surface area contributed by atoms with Crippen molar-refractivity contribution < 1.29 is 24.5 Å². The molecule has 2 aliphatic carbocycles. The van der Waals surface area contributed by atoms with Crippen LogP contribution < -0.4 is 0 Å². The summed E-state index contributed by atoms with van der Waals surface area (Å²) in [7, 11) is 0. The normalized spacial score (nSPS) is 49.4. The molecule has 2 N–H and O–H groups in total. The molecule has 22 heavy (non-hydrogen) atoms. The molecule has 124 valence electrons. The highest BCUT2D eigenvalue weighted by molar-refractivity contribution is 5.66. The molecule has 5 heteroatoms. The van der Waals surface area contributed by atoms with Crippen LogP contribution in [0, 0.1) is 22.7 Å². The summed E-state index contributed by atoms with van der Waals surface area (Å²) >= 11 is 0. The zero-order valence-corrected chi connectivity index (χ0v) is 13.7. The lowest BCUT2D eigenvalue weighted by Crippen LogP contribution is -2.63. The van der Waals surface area contributed by atoms with E-state index >= 15 is 0 Å². The number of rotatable bonds is 1. The summed E-state index contributed by atoms with van der Waals surface area (Å²) in [4.78, 5) is 11.5. The third kappa shape index (κ3) is 2.06. The van der Waals surface area contributed by atoms with E-state index < -0.39 is 23.2 Å². The predicted molar refractivity (Wildman–Crippen MR) is 79.7 cm³/mol. The predicted octanol–water partition coefficient (Wildman–Crippen LogP) is 1.63. The Kier molecular flexibility index (Phi) is 3.48. The molecule has 6 unspecified atom stereocenters. The molecule has 0 aromatic carbocycles. The van der Waals surface area contributed by atoms with Gasteiger partial charge in [-0.05, 0) is 24.2 Å². The molecule has 1 saturated heterocycles. The van der Waals surface area contributed by atoms with Crippen molar-refractivity contribution in [2.75, 3.05) is 6.61 Å². The molecule has 1 aliphatic heterocycles. The highest BCUT2D eigenvalue weighted by Gasteiger charge is 2.66. The van der Waals surface area contributed by atoms with Gasteiger partial charge in [-0.3, -0.25) is 4.79 Å². The zero-order valence-electron chi connectivity index (χ0n) is 13.7. The summed E-state index contributed by atoms with van der Waals surface area (Å²) in [5.41, 5.74) is -1.76. The van der Waals surface area contributed by atoms with Crippen molar-refractivity contribution in [3.8, 4) is 0 Å². The summed E-state index contributed by atoms with van der Waals surface area (Å²) < 4.78 is 11.0. The molecule has 2 fully saturated rings. The van der Waals surface area contributed by atoms with Crippen LogP contribution in [0.15, 0.2) is 12.2 Å². The topological polar surface area (TPSA) is 76.0 Å². The molecule has 1 heterocycles. The summed E-state index contributed by atoms with van der Waals surface area (Å²) in [6.45, 7) is 7.88. The fourth-order valence-electron chi connectivity index (χ4n) is 5.17. The smallest absolute Gasteiger partial charge is 0.302 e. The van der Waals surface area contributed by atoms with Crippen molar-refractivity contribution in [3.05, 3.63) is 12.2 Å². The minimum absolute atomic E-state index is 0.00550. The van der Waals surface area contributed by atoms with Crippen molar-refractivity contribution in [1.82, 2.24) is 0 Å². The molecule has 0 radical (unpaired) electrons. The number of ether oxygens (including phenoxy) is 2. The SMILES string of the molecule is CC(=O)OC1CCC(C)(C)C2C=CC3(O)COC(O)C3C12C. The van der Waals surface area contributed by atoms with Crippen LogP contribution in [-0.4, -0.2) is 40.8 Å². The molecule has 0 bridgehead atoms. The van der Waals surface area contributed by atoms with Crippen LogP contribution in [0.3, 0.4) is 0 Å². The zero-order chi connectivity index (χ0) is 16.3. The third-order valence-corrected chi connectivity index (χ3v) is 6.12. The van der Waals surface area contributed by atoms with Gasteiger partial charge in [-0.1, -0.05) is 32.9 Å². The molecule has 0 aromatic heterocycles. The van der Waals surface area contributed by atoms with Crippen molar-refractivity contribution in [3.63, 3.8) is 0 Å². The van der Waals surface area contributed by atoms with Gasteiger partial charge in [-0.15, -0.1) is 0 Å². The van der Waals surface area contributed by atoms with E-state index in [1.54, 1.807) is 6.08 Å². The number of hydrogen-bond acceptors (Lipinski definition) is 5. The van der Waals surface area contributed by atoms with E-state index in [1.807, 2.05) is 13.0 Å². The second-order valence-electron chi connectivity index (χ2n) is 8.00. The number of hydrogen-bond donors (Lipinski definition) is 2. The Hall–Kier alpha value is -0.910. The van der Waals surface area contributed by atoms with E-state index in [0.29, 0.717) is 0 Å². The summed E-state index contributed by atoms with van der Waals surface area (Å²) in [5.74, 6) is -0.727. The second kappa shape index (κ2) is 4.79. The molecule has 0 spiro atoms. The van der Waals surface area contributed by atoms with Crippen molar-refractivity contribution in [1.29, 1.82) is 0 Å². The minimum Gasteiger partial charge on any atom is -0.462 e.